The fourth-order valence-electron chi connectivity index (χ4n) is 1.85. The van der Waals surface area contributed by atoms with Gasteiger partial charge in [-0.2, -0.15) is 0 Å². The van der Waals surface area contributed by atoms with Gasteiger partial charge in [-0.3, -0.25) is 4.79 Å². The van der Waals surface area contributed by atoms with Crippen LogP contribution in [0.3, 0.4) is 0 Å². The van der Waals surface area contributed by atoms with E-state index in [1.54, 1.807) is 22.7 Å². The van der Waals surface area contributed by atoms with E-state index in [9.17, 15) is 4.79 Å². The van der Waals surface area contributed by atoms with E-state index < -0.39 is 0 Å². The van der Waals surface area contributed by atoms with E-state index in [0.29, 0.717) is 19.4 Å². The Bertz CT molecular complexity index is 572. The number of aromatic nitrogens is 1. The topological polar surface area (TPSA) is 39.2 Å². The molecule has 2 aromatic rings. The van der Waals surface area contributed by atoms with Gasteiger partial charge < -0.3 is 4.74 Å². The number of carbonyl (C=O) groups is 1. The molecule has 0 radical (unpaired) electrons. The summed E-state index contributed by atoms with van der Waals surface area (Å²) in [6.07, 6.45) is 1.05. The number of thiazole rings is 1. The maximum Gasteiger partial charge on any atom is 0.306 e. The van der Waals surface area contributed by atoms with Crippen LogP contribution in [0.15, 0.2) is 11.4 Å². The van der Waals surface area contributed by atoms with Crippen LogP contribution in [-0.2, 0) is 16.0 Å². The molecule has 0 atom stereocenters. The molecule has 2 aromatic heterocycles. The molecule has 0 aromatic carbocycles. The molecule has 0 saturated carbocycles. The van der Waals surface area contributed by atoms with Crippen molar-refractivity contribution in [2.24, 2.45) is 0 Å². The van der Waals surface area contributed by atoms with E-state index in [4.69, 9.17) is 4.74 Å². The van der Waals surface area contributed by atoms with Crippen LogP contribution in [0.2, 0.25) is 0 Å². The summed E-state index contributed by atoms with van der Waals surface area (Å²) in [5.74, 6) is -0.153. The van der Waals surface area contributed by atoms with Crippen molar-refractivity contribution in [1.82, 2.24) is 4.98 Å². The molecule has 102 valence electrons. The zero-order valence-corrected chi connectivity index (χ0v) is 13.0. The Kier molecular flexibility index (Phi) is 4.71. The first-order valence-electron chi connectivity index (χ1n) is 6.27. The lowest BCUT2D eigenvalue weighted by molar-refractivity contribution is -0.143. The van der Waals surface area contributed by atoms with Crippen LogP contribution < -0.4 is 0 Å². The zero-order valence-electron chi connectivity index (χ0n) is 11.4. The van der Waals surface area contributed by atoms with Gasteiger partial charge >= 0.3 is 5.97 Å². The zero-order chi connectivity index (χ0) is 13.8. The van der Waals surface area contributed by atoms with Gasteiger partial charge in [-0.05, 0) is 26.8 Å². The van der Waals surface area contributed by atoms with Gasteiger partial charge in [0.05, 0.1) is 18.7 Å². The highest BCUT2D eigenvalue weighted by Crippen LogP contribution is 2.32. The number of hydrogen-bond donors (Lipinski definition) is 0. The lowest BCUT2D eigenvalue weighted by atomic mass is 10.2. The normalized spacial score (nSPS) is 10.7. The Morgan fingerprint density at radius 1 is 1.42 bits per heavy atom. The first kappa shape index (κ1) is 14.2. The molecule has 0 amide bonds. The highest BCUT2D eigenvalue weighted by Gasteiger charge is 2.11. The molecular formula is C14H17NO2S2. The largest absolute Gasteiger partial charge is 0.466 e. The third kappa shape index (κ3) is 3.64. The van der Waals surface area contributed by atoms with Gasteiger partial charge in [-0.1, -0.05) is 0 Å². The van der Waals surface area contributed by atoms with Crippen LogP contribution in [0.5, 0.6) is 0 Å². The van der Waals surface area contributed by atoms with Gasteiger partial charge in [-0.15, -0.1) is 22.7 Å². The van der Waals surface area contributed by atoms with Crippen molar-refractivity contribution in [2.75, 3.05) is 6.61 Å². The molecule has 2 heterocycles. The first-order chi connectivity index (χ1) is 9.10. The monoisotopic (exact) mass is 295 g/mol. The smallest absolute Gasteiger partial charge is 0.306 e. The second-order valence-electron chi connectivity index (χ2n) is 4.28. The molecule has 0 N–H and O–H groups in total. The number of esters is 1. The number of rotatable bonds is 5. The molecule has 19 heavy (non-hydrogen) atoms. The van der Waals surface area contributed by atoms with Gasteiger partial charge in [-0.25, -0.2) is 4.98 Å². The number of aryl methyl sites for hydroxylation is 3. The maximum absolute atomic E-state index is 11.3. The minimum Gasteiger partial charge on any atom is -0.466 e. The third-order valence-corrected chi connectivity index (χ3v) is 4.60. The summed E-state index contributed by atoms with van der Waals surface area (Å²) < 4.78 is 4.92. The summed E-state index contributed by atoms with van der Waals surface area (Å²) in [7, 11) is 0. The molecule has 3 nitrogen and oxygen atoms in total. The maximum atomic E-state index is 11.3. The fourth-order valence-corrected chi connectivity index (χ4v) is 3.77. The van der Waals surface area contributed by atoms with Crippen molar-refractivity contribution >= 4 is 28.6 Å². The van der Waals surface area contributed by atoms with Crippen LogP contribution in [0.25, 0.3) is 10.6 Å². The summed E-state index contributed by atoms with van der Waals surface area (Å²) >= 11 is 3.43. The van der Waals surface area contributed by atoms with Crippen molar-refractivity contribution in [2.45, 2.75) is 33.6 Å². The fraction of sp³-hybridized carbons (Fsp3) is 0.429. The molecule has 0 aliphatic carbocycles. The average Bonchev–Trinajstić information content (AvgIpc) is 2.93. The summed E-state index contributed by atoms with van der Waals surface area (Å²) in [6, 6.07) is 2.17. The molecule has 0 unspecified atom stereocenters. The quantitative estimate of drug-likeness (QED) is 0.783. The minimum absolute atomic E-state index is 0.153. The summed E-state index contributed by atoms with van der Waals surface area (Å²) in [4.78, 5) is 18.5. The number of ether oxygens (including phenoxy) is 1. The first-order valence-corrected chi connectivity index (χ1v) is 7.97. The van der Waals surface area contributed by atoms with Crippen LogP contribution in [0.1, 0.15) is 28.8 Å². The molecular weight excluding hydrogens is 278 g/mol. The lowest BCUT2D eigenvalue weighted by Crippen LogP contribution is -2.05. The Morgan fingerprint density at radius 3 is 2.84 bits per heavy atom. The molecule has 0 saturated heterocycles. The molecule has 0 aliphatic rings. The van der Waals surface area contributed by atoms with E-state index in [2.05, 4.69) is 24.9 Å². The van der Waals surface area contributed by atoms with Crippen molar-refractivity contribution in [3.63, 3.8) is 0 Å². The second-order valence-corrected chi connectivity index (χ2v) is 6.59. The Balaban J connectivity index is 2.03. The average molecular weight is 295 g/mol. The highest BCUT2D eigenvalue weighted by molar-refractivity contribution is 7.15. The van der Waals surface area contributed by atoms with Crippen molar-refractivity contribution in [3.05, 3.63) is 26.9 Å². The van der Waals surface area contributed by atoms with Crippen molar-refractivity contribution < 1.29 is 9.53 Å². The molecule has 2 rings (SSSR count). The number of thiophene rings is 1. The van der Waals surface area contributed by atoms with Crippen LogP contribution in [0.4, 0.5) is 0 Å². The van der Waals surface area contributed by atoms with Crippen LogP contribution in [0, 0.1) is 13.8 Å². The predicted molar refractivity (Wildman–Crippen MR) is 79.9 cm³/mol. The van der Waals surface area contributed by atoms with Gasteiger partial charge in [0.15, 0.2) is 0 Å². The Hall–Kier alpha value is -1.20. The number of nitrogens with zero attached hydrogens (tertiary/aromatic N) is 1. The number of carbonyl (C=O) groups excluding carboxylic acids is 1. The Morgan fingerprint density at radius 2 is 2.21 bits per heavy atom. The molecule has 0 spiro atoms. The molecule has 0 bridgehead atoms. The summed E-state index contributed by atoms with van der Waals surface area (Å²) in [6.45, 7) is 6.48. The van der Waals surface area contributed by atoms with E-state index in [0.717, 1.165) is 10.7 Å². The molecule has 0 fully saturated rings. The van der Waals surface area contributed by atoms with Crippen molar-refractivity contribution in [3.8, 4) is 10.6 Å². The van der Waals surface area contributed by atoms with Crippen LogP contribution >= 0.6 is 22.7 Å². The van der Waals surface area contributed by atoms with Gasteiger partial charge in [0, 0.05) is 27.1 Å². The van der Waals surface area contributed by atoms with E-state index >= 15 is 0 Å². The number of hydrogen-bond acceptors (Lipinski definition) is 5. The standard InChI is InChI=1S/C14H17NO2S2/c1-4-17-13(16)6-5-11-8-18-14(15-11)12-7-9(2)19-10(12)3/h7-8H,4-6H2,1-3H3. The van der Waals surface area contributed by atoms with E-state index in [1.165, 1.54) is 15.3 Å². The second kappa shape index (κ2) is 6.30. The van der Waals surface area contributed by atoms with Crippen LogP contribution in [-0.4, -0.2) is 17.6 Å². The summed E-state index contributed by atoms with van der Waals surface area (Å²) in [5, 5.41) is 3.07. The predicted octanol–water partition coefficient (Wildman–Crippen LogP) is 3.98. The van der Waals surface area contributed by atoms with Gasteiger partial charge in [0.2, 0.25) is 0 Å². The highest BCUT2D eigenvalue weighted by atomic mass is 32.1. The lowest BCUT2D eigenvalue weighted by Gasteiger charge is -1.99. The van der Waals surface area contributed by atoms with Crippen molar-refractivity contribution in [1.29, 1.82) is 0 Å². The van der Waals surface area contributed by atoms with Gasteiger partial charge in [0.1, 0.15) is 5.01 Å². The van der Waals surface area contributed by atoms with E-state index in [-0.39, 0.29) is 5.97 Å². The molecule has 0 aliphatic heterocycles. The SMILES string of the molecule is CCOC(=O)CCc1csc(-c2cc(C)sc2C)n1. The van der Waals surface area contributed by atoms with Gasteiger partial charge in [0.25, 0.3) is 0 Å². The summed E-state index contributed by atoms with van der Waals surface area (Å²) in [5.41, 5.74) is 2.19. The van der Waals surface area contributed by atoms with E-state index in [1.807, 2.05) is 12.3 Å². The Labute approximate surface area is 121 Å². The minimum atomic E-state index is -0.153. The molecule has 5 heteroatoms. The third-order valence-electron chi connectivity index (χ3n) is 2.71.